The number of Topliss-reactive ketones (excluding diaryl/α,β-unsaturated/α-hetero) is 1. The minimum absolute atomic E-state index is 0.472. The maximum Gasteiger partial charge on any atom is 0.133 e. The Morgan fingerprint density at radius 1 is 1.11 bits per heavy atom. The molecule has 2 fully saturated rings. The van der Waals surface area contributed by atoms with Crippen LogP contribution in [0, 0.1) is 5.92 Å². The van der Waals surface area contributed by atoms with Crippen molar-refractivity contribution < 1.29 is 4.79 Å². The lowest BCUT2D eigenvalue weighted by molar-refractivity contribution is -0.121. The van der Waals surface area contributed by atoms with Gasteiger partial charge in [-0.3, -0.25) is 4.79 Å². The van der Waals surface area contributed by atoms with Crippen LogP contribution in [-0.2, 0) is 4.79 Å². The molecule has 3 atom stereocenters. The van der Waals surface area contributed by atoms with Crippen LogP contribution < -0.4 is 5.32 Å². The van der Waals surface area contributed by atoms with E-state index >= 15 is 0 Å². The summed E-state index contributed by atoms with van der Waals surface area (Å²) < 4.78 is 0. The first-order valence-corrected chi connectivity index (χ1v) is 7.63. The predicted molar refractivity (Wildman–Crippen MR) is 77.2 cm³/mol. The zero-order chi connectivity index (χ0) is 13.1. The highest BCUT2D eigenvalue weighted by molar-refractivity contribution is 5.79. The smallest absolute Gasteiger partial charge is 0.133 e. The van der Waals surface area contributed by atoms with Crippen molar-refractivity contribution >= 4 is 5.78 Å². The Balaban J connectivity index is 1.66. The molecule has 3 unspecified atom stereocenters. The van der Waals surface area contributed by atoms with Gasteiger partial charge in [-0.25, -0.2) is 0 Å². The molecule has 0 amide bonds. The van der Waals surface area contributed by atoms with Crippen molar-refractivity contribution in [3.63, 3.8) is 0 Å². The molecule has 1 aliphatic heterocycles. The minimum atomic E-state index is 0.472. The molecule has 2 aliphatic rings. The maximum atomic E-state index is 11.6. The molecule has 0 radical (unpaired) electrons. The second-order valence-electron chi connectivity index (χ2n) is 6.09. The molecule has 1 aliphatic carbocycles. The van der Waals surface area contributed by atoms with Crippen LogP contribution in [0.15, 0.2) is 30.3 Å². The summed E-state index contributed by atoms with van der Waals surface area (Å²) in [6.45, 7) is 1.09. The third-order valence-electron chi connectivity index (χ3n) is 4.80. The monoisotopic (exact) mass is 257 g/mol. The summed E-state index contributed by atoms with van der Waals surface area (Å²) in [7, 11) is 0. The Kier molecular flexibility index (Phi) is 3.97. The number of ketones is 1. The first-order valence-electron chi connectivity index (χ1n) is 7.63. The molecular weight excluding hydrogens is 234 g/mol. The van der Waals surface area contributed by atoms with Crippen molar-refractivity contribution in [1.29, 1.82) is 0 Å². The van der Waals surface area contributed by atoms with Gasteiger partial charge in [-0.05, 0) is 49.6 Å². The fraction of sp³-hybridized carbons (Fsp3) is 0.588. The van der Waals surface area contributed by atoms with E-state index in [1.54, 1.807) is 0 Å². The van der Waals surface area contributed by atoms with Crippen molar-refractivity contribution in [2.75, 3.05) is 6.54 Å². The summed E-state index contributed by atoms with van der Waals surface area (Å²) >= 11 is 0. The van der Waals surface area contributed by atoms with E-state index in [-0.39, 0.29) is 0 Å². The van der Waals surface area contributed by atoms with Crippen molar-refractivity contribution in [1.82, 2.24) is 5.32 Å². The Morgan fingerprint density at radius 2 is 1.95 bits per heavy atom. The third-order valence-corrected chi connectivity index (χ3v) is 4.80. The molecule has 0 bridgehead atoms. The van der Waals surface area contributed by atoms with E-state index in [4.69, 9.17) is 0 Å². The fourth-order valence-corrected chi connectivity index (χ4v) is 3.74. The molecule has 1 saturated carbocycles. The topological polar surface area (TPSA) is 29.1 Å². The lowest BCUT2D eigenvalue weighted by Crippen LogP contribution is -2.44. The molecule has 102 valence electrons. The van der Waals surface area contributed by atoms with Crippen LogP contribution in [-0.4, -0.2) is 18.4 Å². The number of hydrogen-bond acceptors (Lipinski definition) is 2. The summed E-state index contributed by atoms with van der Waals surface area (Å²) in [5, 5.41) is 3.66. The second kappa shape index (κ2) is 5.87. The van der Waals surface area contributed by atoms with E-state index in [1.807, 2.05) is 0 Å². The number of benzene rings is 1. The van der Waals surface area contributed by atoms with E-state index in [9.17, 15) is 4.79 Å². The van der Waals surface area contributed by atoms with Crippen molar-refractivity contribution in [3.05, 3.63) is 35.9 Å². The molecule has 1 heterocycles. The van der Waals surface area contributed by atoms with Gasteiger partial charge in [0.25, 0.3) is 0 Å². The summed E-state index contributed by atoms with van der Waals surface area (Å²) in [4.78, 5) is 11.6. The highest BCUT2D eigenvalue weighted by Crippen LogP contribution is 2.34. The first kappa shape index (κ1) is 12.9. The fourth-order valence-electron chi connectivity index (χ4n) is 3.74. The van der Waals surface area contributed by atoms with Crippen LogP contribution >= 0.6 is 0 Å². The molecule has 3 rings (SSSR count). The van der Waals surface area contributed by atoms with Crippen LogP contribution in [0.1, 0.15) is 50.0 Å². The molecule has 1 N–H and O–H groups in total. The summed E-state index contributed by atoms with van der Waals surface area (Å²) in [5.41, 5.74) is 1.47. The summed E-state index contributed by atoms with van der Waals surface area (Å²) in [6.07, 6.45) is 6.36. The number of hydrogen-bond donors (Lipinski definition) is 1. The molecule has 1 aromatic rings. The van der Waals surface area contributed by atoms with E-state index in [0.29, 0.717) is 23.7 Å². The van der Waals surface area contributed by atoms with Crippen molar-refractivity contribution in [3.8, 4) is 0 Å². The normalized spacial score (nSPS) is 32.2. The predicted octanol–water partition coefficient (Wildman–Crippen LogP) is 3.28. The average molecular weight is 257 g/mol. The van der Waals surface area contributed by atoms with Crippen LogP contribution in [0.5, 0.6) is 0 Å². The molecule has 0 aromatic heterocycles. The van der Waals surface area contributed by atoms with Gasteiger partial charge in [-0.15, -0.1) is 0 Å². The van der Waals surface area contributed by atoms with E-state index < -0.39 is 0 Å². The first-order chi connectivity index (χ1) is 9.33. The van der Waals surface area contributed by atoms with Crippen LogP contribution in [0.4, 0.5) is 0 Å². The zero-order valence-corrected chi connectivity index (χ0v) is 11.5. The van der Waals surface area contributed by atoms with Crippen LogP contribution in [0.2, 0.25) is 0 Å². The maximum absolute atomic E-state index is 11.6. The number of rotatable bonds is 2. The Bertz CT molecular complexity index is 428. The van der Waals surface area contributed by atoms with Crippen LogP contribution in [0.25, 0.3) is 0 Å². The average Bonchev–Trinajstić information content (AvgIpc) is 2.48. The number of piperidine rings is 1. The number of carbonyl (C=O) groups excluding carboxylic acids is 1. The van der Waals surface area contributed by atoms with E-state index in [1.165, 1.54) is 24.8 Å². The standard InChI is InChI=1S/C17H23NO/c19-16-8-4-7-15(11-16)17-12-14(9-10-18-17)13-5-2-1-3-6-13/h1-3,5-6,14-15,17-18H,4,7-12H2. The summed E-state index contributed by atoms with van der Waals surface area (Å²) in [6, 6.07) is 11.4. The van der Waals surface area contributed by atoms with Gasteiger partial charge in [-0.1, -0.05) is 30.3 Å². The SMILES string of the molecule is O=C1CCCC(C2CC(c3ccccc3)CCN2)C1. The van der Waals surface area contributed by atoms with Gasteiger partial charge in [-0.2, -0.15) is 0 Å². The quantitative estimate of drug-likeness (QED) is 0.881. The largest absolute Gasteiger partial charge is 0.314 e. The molecular formula is C17H23NO. The van der Waals surface area contributed by atoms with Gasteiger partial charge < -0.3 is 5.32 Å². The minimum Gasteiger partial charge on any atom is -0.314 e. The second-order valence-corrected chi connectivity index (χ2v) is 6.09. The Labute approximate surface area is 115 Å². The van der Waals surface area contributed by atoms with E-state index in [2.05, 4.69) is 35.6 Å². The van der Waals surface area contributed by atoms with Crippen molar-refractivity contribution in [2.24, 2.45) is 5.92 Å². The highest BCUT2D eigenvalue weighted by atomic mass is 16.1. The van der Waals surface area contributed by atoms with Gasteiger partial charge in [0.2, 0.25) is 0 Å². The highest BCUT2D eigenvalue weighted by Gasteiger charge is 2.31. The molecule has 1 saturated heterocycles. The Morgan fingerprint density at radius 3 is 2.74 bits per heavy atom. The van der Waals surface area contributed by atoms with E-state index in [0.717, 1.165) is 25.8 Å². The number of carbonyl (C=O) groups is 1. The molecule has 0 spiro atoms. The van der Waals surface area contributed by atoms with Gasteiger partial charge in [0.1, 0.15) is 5.78 Å². The van der Waals surface area contributed by atoms with Crippen molar-refractivity contribution in [2.45, 2.75) is 50.5 Å². The van der Waals surface area contributed by atoms with Gasteiger partial charge >= 0.3 is 0 Å². The van der Waals surface area contributed by atoms with Gasteiger partial charge in [0, 0.05) is 18.9 Å². The third kappa shape index (κ3) is 3.06. The van der Waals surface area contributed by atoms with Gasteiger partial charge in [0.05, 0.1) is 0 Å². The molecule has 1 aromatic carbocycles. The lowest BCUT2D eigenvalue weighted by Gasteiger charge is -2.37. The lowest BCUT2D eigenvalue weighted by atomic mass is 9.76. The van der Waals surface area contributed by atoms with Gasteiger partial charge in [0.15, 0.2) is 0 Å². The Hall–Kier alpha value is -1.15. The molecule has 2 heteroatoms. The zero-order valence-electron chi connectivity index (χ0n) is 11.5. The molecule has 2 nitrogen and oxygen atoms in total. The molecule has 19 heavy (non-hydrogen) atoms. The van der Waals surface area contributed by atoms with Crippen LogP contribution in [0.3, 0.4) is 0 Å². The number of nitrogens with one attached hydrogen (secondary N) is 1. The summed E-state index contributed by atoms with van der Waals surface area (Å²) in [5.74, 6) is 1.72.